The molecule has 0 saturated carbocycles. The lowest BCUT2D eigenvalue weighted by Crippen LogP contribution is -1.92. The average molecular weight is 901 g/mol. The predicted octanol–water partition coefficient (Wildman–Crippen LogP) is 20.1. The highest BCUT2D eigenvalue weighted by molar-refractivity contribution is 7.26. The van der Waals surface area contributed by atoms with E-state index in [9.17, 15) is 0 Å². The van der Waals surface area contributed by atoms with Gasteiger partial charge in [-0.25, -0.2) is 0 Å². The zero-order valence-electron chi connectivity index (χ0n) is 36.0. The van der Waals surface area contributed by atoms with Crippen LogP contribution < -0.4 is 0 Å². The summed E-state index contributed by atoms with van der Waals surface area (Å²) in [6, 6.07) is 82.1. The van der Waals surface area contributed by atoms with E-state index in [4.69, 9.17) is 0 Å². The van der Waals surface area contributed by atoms with Gasteiger partial charge in [0.2, 0.25) is 0 Å². The Morgan fingerprint density at radius 3 is 0.851 bits per heavy atom. The van der Waals surface area contributed by atoms with E-state index >= 15 is 0 Å². The Labute approximate surface area is 397 Å². The van der Waals surface area contributed by atoms with Crippen molar-refractivity contribution in [2.24, 2.45) is 0 Å². The summed E-state index contributed by atoms with van der Waals surface area (Å²) in [5.41, 5.74) is 10.3. The fourth-order valence-electron chi connectivity index (χ4n) is 11.6. The quantitative estimate of drug-likeness (QED) is 0.154. The number of rotatable bonds is 4. The molecule has 0 amide bonds. The molecule has 3 heteroatoms. The first-order chi connectivity index (χ1) is 33.3. The number of hydrogen-bond donors (Lipinski definition) is 0. The highest BCUT2D eigenvalue weighted by Gasteiger charge is 2.24. The van der Waals surface area contributed by atoms with Gasteiger partial charge in [-0.1, -0.05) is 182 Å². The molecule has 67 heavy (non-hydrogen) atoms. The Balaban J connectivity index is 0.965. The molecule has 0 aliphatic carbocycles. The van der Waals surface area contributed by atoms with Gasteiger partial charge in [-0.15, -0.1) is 34.0 Å². The van der Waals surface area contributed by atoms with Crippen LogP contribution in [0.1, 0.15) is 0 Å². The van der Waals surface area contributed by atoms with Crippen molar-refractivity contribution in [3.63, 3.8) is 0 Å². The van der Waals surface area contributed by atoms with E-state index in [0.29, 0.717) is 0 Å². The fraction of sp³-hybridized carbons (Fsp3) is 0. The molecular formula is C64H36S3. The maximum absolute atomic E-state index is 2.47. The van der Waals surface area contributed by atoms with E-state index in [1.807, 2.05) is 34.0 Å². The molecule has 15 aromatic rings. The van der Waals surface area contributed by atoms with Gasteiger partial charge in [-0.2, -0.15) is 0 Å². The molecule has 310 valence electrons. The number of fused-ring (bicyclic) bond motifs is 13. The van der Waals surface area contributed by atoms with Crippen LogP contribution in [-0.2, 0) is 0 Å². The van der Waals surface area contributed by atoms with Crippen LogP contribution in [0.25, 0.3) is 148 Å². The van der Waals surface area contributed by atoms with Crippen LogP contribution in [0.5, 0.6) is 0 Å². The molecule has 12 aromatic carbocycles. The zero-order valence-corrected chi connectivity index (χ0v) is 38.5. The van der Waals surface area contributed by atoms with Crippen LogP contribution in [0.4, 0.5) is 0 Å². The second-order valence-electron chi connectivity index (χ2n) is 17.7. The van der Waals surface area contributed by atoms with Gasteiger partial charge in [0.15, 0.2) is 0 Å². The van der Waals surface area contributed by atoms with Crippen LogP contribution in [0.3, 0.4) is 0 Å². The molecule has 0 unspecified atom stereocenters. The summed E-state index contributed by atoms with van der Waals surface area (Å²) in [6.07, 6.45) is 0. The summed E-state index contributed by atoms with van der Waals surface area (Å²) in [7, 11) is 0. The highest BCUT2D eigenvalue weighted by atomic mass is 32.1. The van der Waals surface area contributed by atoms with Crippen molar-refractivity contribution in [2.45, 2.75) is 0 Å². The van der Waals surface area contributed by atoms with Gasteiger partial charge in [0.25, 0.3) is 0 Å². The summed E-state index contributed by atoms with van der Waals surface area (Å²) in [6.45, 7) is 0. The normalized spacial score (nSPS) is 12.2. The van der Waals surface area contributed by atoms with Crippen molar-refractivity contribution in [2.75, 3.05) is 0 Å². The second kappa shape index (κ2) is 14.4. The summed E-state index contributed by atoms with van der Waals surface area (Å²) in [5.74, 6) is 0. The molecule has 0 fully saturated rings. The molecule has 0 atom stereocenters. The predicted molar refractivity (Wildman–Crippen MR) is 297 cm³/mol. The third-order valence-electron chi connectivity index (χ3n) is 14.3. The molecular weight excluding hydrogens is 865 g/mol. The Morgan fingerprint density at radius 1 is 0.194 bits per heavy atom. The van der Waals surface area contributed by atoms with Crippen molar-refractivity contribution in [1.29, 1.82) is 0 Å². The topological polar surface area (TPSA) is 0 Å². The molecule has 15 rings (SSSR count). The lowest BCUT2D eigenvalue weighted by Gasteiger charge is -2.19. The third kappa shape index (κ3) is 5.39. The first-order valence-electron chi connectivity index (χ1n) is 22.9. The monoisotopic (exact) mass is 900 g/mol. The maximum atomic E-state index is 2.47. The third-order valence-corrected chi connectivity index (χ3v) is 17.7. The SMILES string of the molecule is c1ccc2c(c1)sc1cccc(-c3c4ccccc4c(-c4ccc5c(c4)sc4cccc(-c6c7ccccc7c(-c7cccc8sc9ccccc9c78)c7ccccc67)c45)c4ccccc34)c12. The van der Waals surface area contributed by atoms with Crippen LogP contribution in [0, 0.1) is 0 Å². The van der Waals surface area contributed by atoms with Gasteiger partial charge in [-0.05, 0) is 124 Å². The largest absolute Gasteiger partial charge is 0.135 e. The molecule has 3 heterocycles. The first kappa shape index (κ1) is 37.5. The van der Waals surface area contributed by atoms with E-state index in [1.54, 1.807) is 0 Å². The van der Waals surface area contributed by atoms with Gasteiger partial charge < -0.3 is 0 Å². The van der Waals surface area contributed by atoms with Crippen LogP contribution in [0.2, 0.25) is 0 Å². The molecule has 0 aliphatic heterocycles. The number of thiophene rings is 3. The summed E-state index contributed by atoms with van der Waals surface area (Å²) >= 11 is 5.68. The number of benzene rings is 12. The highest BCUT2D eigenvalue weighted by Crippen LogP contribution is 2.52. The van der Waals surface area contributed by atoms with Gasteiger partial charge in [0.1, 0.15) is 0 Å². The summed E-state index contributed by atoms with van der Waals surface area (Å²) < 4.78 is 7.91. The lowest BCUT2D eigenvalue weighted by atomic mass is 9.84. The van der Waals surface area contributed by atoms with Crippen LogP contribution in [-0.4, -0.2) is 0 Å². The Hall–Kier alpha value is -7.66. The number of hydrogen-bond acceptors (Lipinski definition) is 3. The smallest absolute Gasteiger partial charge is 0.0361 e. The van der Waals surface area contributed by atoms with E-state index in [1.165, 1.54) is 148 Å². The lowest BCUT2D eigenvalue weighted by molar-refractivity contribution is 1.70. The van der Waals surface area contributed by atoms with Crippen molar-refractivity contribution in [3.05, 3.63) is 218 Å². The maximum Gasteiger partial charge on any atom is 0.0361 e. The van der Waals surface area contributed by atoms with E-state index in [2.05, 4.69) is 218 Å². The molecule has 0 saturated heterocycles. The standard InChI is InChI=1S/C64H36S3/c1-3-18-40-38(16-1)58(39-17-2-4-19-41(39)59(40)49-26-13-31-54-62(49)46-24-9-11-29-52(46)65-54)37-34-35-48-57(36-37)67-56-33-15-28-51(64(48)56)61-44-22-7-5-20-42(44)60(43-21-6-8-23-45(43)61)50-27-14-32-55-63(50)47-25-10-12-30-53(47)66-55/h1-36H. The first-order valence-corrected chi connectivity index (χ1v) is 25.4. The van der Waals surface area contributed by atoms with E-state index < -0.39 is 0 Å². The summed E-state index contributed by atoms with van der Waals surface area (Å²) in [5, 5.41) is 18.2. The van der Waals surface area contributed by atoms with Crippen molar-refractivity contribution in [1.82, 2.24) is 0 Å². The Bertz CT molecular complexity index is 4460. The molecule has 0 spiro atoms. The van der Waals surface area contributed by atoms with Gasteiger partial charge in [0, 0.05) is 60.5 Å². The van der Waals surface area contributed by atoms with Gasteiger partial charge in [-0.3, -0.25) is 0 Å². The van der Waals surface area contributed by atoms with Crippen LogP contribution in [0.15, 0.2) is 218 Å². The molecule has 0 nitrogen and oxygen atoms in total. The molecule has 0 radical (unpaired) electrons. The zero-order chi connectivity index (χ0) is 43.7. The van der Waals surface area contributed by atoms with Crippen molar-refractivity contribution < 1.29 is 0 Å². The molecule has 0 bridgehead atoms. The minimum absolute atomic E-state index is 1.24. The second-order valence-corrected chi connectivity index (χ2v) is 21.0. The van der Waals surface area contributed by atoms with Gasteiger partial charge >= 0.3 is 0 Å². The fourth-order valence-corrected chi connectivity index (χ4v) is 15.0. The molecule has 3 aromatic heterocycles. The van der Waals surface area contributed by atoms with Crippen LogP contribution >= 0.6 is 34.0 Å². The Morgan fingerprint density at radius 2 is 0.478 bits per heavy atom. The average Bonchev–Trinajstić information content (AvgIpc) is 4.09. The molecule has 0 N–H and O–H groups in total. The van der Waals surface area contributed by atoms with E-state index in [0.717, 1.165) is 0 Å². The Kier molecular flexibility index (Phi) is 8.08. The minimum atomic E-state index is 1.24. The van der Waals surface area contributed by atoms with Crippen molar-refractivity contribution >= 4 is 138 Å². The van der Waals surface area contributed by atoms with E-state index in [-0.39, 0.29) is 0 Å². The van der Waals surface area contributed by atoms with Crippen molar-refractivity contribution in [3.8, 4) is 44.5 Å². The minimum Gasteiger partial charge on any atom is -0.135 e. The van der Waals surface area contributed by atoms with Gasteiger partial charge in [0.05, 0.1) is 0 Å². The summed E-state index contributed by atoms with van der Waals surface area (Å²) in [4.78, 5) is 0. The molecule has 0 aliphatic rings.